The van der Waals surface area contributed by atoms with Crippen LogP contribution in [0.2, 0.25) is 0 Å². The summed E-state index contributed by atoms with van der Waals surface area (Å²) in [6.07, 6.45) is 5.48. The molecule has 29 heavy (non-hydrogen) atoms. The van der Waals surface area contributed by atoms with Gasteiger partial charge in [-0.3, -0.25) is 9.69 Å². The summed E-state index contributed by atoms with van der Waals surface area (Å²) in [6.45, 7) is 7.76. The van der Waals surface area contributed by atoms with Gasteiger partial charge in [-0.15, -0.1) is 0 Å². The number of rotatable bonds is 9. The Hall–Kier alpha value is -1.86. The van der Waals surface area contributed by atoms with Crippen molar-refractivity contribution in [3.05, 3.63) is 12.1 Å². The molecule has 1 heterocycles. The zero-order chi connectivity index (χ0) is 20.8. The van der Waals surface area contributed by atoms with E-state index in [0.29, 0.717) is 12.3 Å². The molecular formula is C22H33N3O3S. The number of likely N-dealkylation sites (N-methyl/N-ethyl adjacent to an activating group) is 1. The van der Waals surface area contributed by atoms with Crippen LogP contribution in [0, 0.1) is 5.92 Å². The molecule has 1 amide bonds. The average Bonchev–Trinajstić information content (AvgIpc) is 3.21. The standard InChI is InChI=1S/C22H33N3O3S/c1-5-24(6-2)14-15-25(21(26)16-10-8-7-9-11-16)22-23-19-17(27-3)12-13-18(28-4)20(19)29-22/h12-13,16H,5-11,14-15H2,1-4H3. The lowest BCUT2D eigenvalue weighted by atomic mass is 9.88. The Bertz CT molecular complexity index is 772. The highest BCUT2D eigenvalue weighted by Gasteiger charge is 2.29. The van der Waals surface area contributed by atoms with Gasteiger partial charge in [0.25, 0.3) is 0 Å². The molecule has 7 heteroatoms. The van der Waals surface area contributed by atoms with Crippen molar-refractivity contribution in [2.45, 2.75) is 46.0 Å². The molecule has 1 aliphatic carbocycles. The fraction of sp³-hybridized carbons (Fsp3) is 0.636. The Kier molecular flexibility index (Phi) is 7.72. The van der Waals surface area contributed by atoms with E-state index in [0.717, 1.165) is 66.4 Å². The second-order valence-electron chi connectivity index (χ2n) is 7.50. The van der Waals surface area contributed by atoms with E-state index in [1.54, 1.807) is 14.2 Å². The van der Waals surface area contributed by atoms with Gasteiger partial charge in [-0.05, 0) is 38.1 Å². The fourth-order valence-electron chi connectivity index (χ4n) is 4.04. The highest BCUT2D eigenvalue weighted by Crippen LogP contribution is 2.40. The first-order valence-corrected chi connectivity index (χ1v) is 11.5. The summed E-state index contributed by atoms with van der Waals surface area (Å²) in [7, 11) is 3.30. The third-order valence-electron chi connectivity index (χ3n) is 5.88. The summed E-state index contributed by atoms with van der Waals surface area (Å²) in [5.41, 5.74) is 0.760. The monoisotopic (exact) mass is 419 g/mol. The number of methoxy groups -OCH3 is 2. The van der Waals surface area contributed by atoms with Crippen LogP contribution in [-0.2, 0) is 4.79 Å². The van der Waals surface area contributed by atoms with Crippen molar-refractivity contribution in [3.63, 3.8) is 0 Å². The molecule has 160 valence electrons. The van der Waals surface area contributed by atoms with Gasteiger partial charge in [0.15, 0.2) is 5.13 Å². The summed E-state index contributed by atoms with van der Waals surface area (Å²) in [5, 5.41) is 0.741. The smallest absolute Gasteiger partial charge is 0.231 e. The number of hydrogen-bond acceptors (Lipinski definition) is 6. The van der Waals surface area contributed by atoms with Gasteiger partial charge in [-0.2, -0.15) is 0 Å². The van der Waals surface area contributed by atoms with Crippen LogP contribution in [0.3, 0.4) is 0 Å². The molecule has 0 N–H and O–H groups in total. The number of thiazole rings is 1. The molecule has 0 bridgehead atoms. The highest BCUT2D eigenvalue weighted by molar-refractivity contribution is 7.22. The molecule has 1 saturated carbocycles. The number of nitrogens with zero attached hydrogens (tertiary/aromatic N) is 3. The largest absolute Gasteiger partial charge is 0.495 e. The Balaban J connectivity index is 1.96. The van der Waals surface area contributed by atoms with Crippen molar-refractivity contribution in [1.29, 1.82) is 0 Å². The molecular weight excluding hydrogens is 386 g/mol. The number of carbonyl (C=O) groups is 1. The molecule has 3 rings (SSSR count). The first-order chi connectivity index (χ1) is 14.1. The first kappa shape index (κ1) is 21.8. The fourth-order valence-corrected chi connectivity index (χ4v) is 5.15. The maximum Gasteiger partial charge on any atom is 0.231 e. The van der Waals surface area contributed by atoms with E-state index in [4.69, 9.17) is 14.5 Å². The molecule has 0 atom stereocenters. The molecule has 0 aliphatic heterocycles. The molecule has 0 saturated heterocycles. The predicted octanol–water partition coefficient (Wildman–Crippen LogP) is 4.57. The van der Waals surface area contributed by atoms with Gasteiger partial charge in [0.05, 0.1) is 14.2 Å². The minimum Gasteiger partial charge on any atom is -0.495 e. The van der Waals surface area contributed by atoms with Crippen LogP contribution >= 0.6 is 11.3 Å². The van der Waals surface area contributed by atoms with Crippen molar-refractivity contribution in [3.8, 4) is 11.5 Å². The minimum atomic E-state index is 0.108. The first-order valence-electron chi connectivity index (χ1n) is 10.7. The summed E-state index contributed by atoms with van der Waals surface area (Å²) >= 11 is 1.52. The number of ether oxygens (including phenoxy) is 2. The molecule has 0 radical (unpaired) electrons. The average molecular weight is 420 g/mol. The van der Waals surface area contributed by atoms with Gasteiger partial charge in [0.2, 0.25) is 5.91 Å². The number of fused-ring (bicyclic) bond motifs is 1. The molecule has 2 aromatic rings. The van der Waals surface area contributed by atoms with Crippen molar-refractivity contribution >= 4 is 32.6 Å². The van der Waals surface area contributed by atoms with Gasteiger partial charge >= 0.3 is 0 Å². The number of anilines is 1. The third-order valence-corrected chi connectivity index (χ3v) is 6.98. The Labute approximate surface area is 177 Å². The zero-order valence-electron chi connectivity index (χ0n) is 18.1. The number of aromatic nitrogens is 1. The maximum atomic E-state index is 13.5. The third kappa shape index (κ3) is 4.83. The van der Waals surface area contributed by atoms with Crippen LogP contribution in [0.1, 0.15) is 46.0 Å². The summed E-state index contributed by atoms with van der Waals surface area (Å²) < 4.78 is 12.0. The van der Waals surface area contributed by atoms with Gasteiger partial charge < -0.3 is 14.4 Å². The van der Waals surface area contributed by atoms with Crippen molar-refractivity contribution < 1.29 is 14.3 Å². The van der Waals surface area contributed by atoms with E-state index in [1.807, 2.05) is 17.0 Å². The summed E-state index contributed by atoms with van der Waals surface area (Å²) in [5.74, 6) is 1.79. The Morgan fingerprint density at radius 1 is 1.07 bits per heavy atom. The predicted molar refractivity (Wildman–Crippen MR) is 119 cm³/mol. The topological polar surface area (TPSA) is 54.9 Å². The SMILES string of the molecule is CCN(CC)CCN(C(=O)C1CCCCC1)c1nc2c(OC)ccc(OC)c2s1. The van der Waals surface area contributed by atoms with Gasteiger partial charge in [0, 0.05) is 19.0 Å². The van der Waals surface area contributed by atoms with E-state index in [2.05, 4.69) is 18.7 Å². The minimum absolute atomic E-state index is 0.108. The van der Waals surface area contributed by atoms with Crippen molar-refractivity contribution in [2.75, 3.05) is 45.3 Å². The lowest BCUT2D eigenvalue weighted by Crippen LogP contribution is -2.42. The van der Waals surface area contributed by atoms with Crippen LogP contribution < -0.4 is 14.4 Å². The normalized spacial score (nSPS) is 15.1. The zero-order valence-corrected chi connectivity index (χ0v) is 18.9. The number of amides is 1. The molecule has 1 fully saturated rings. The van der Waals surface area contributed by atoms with E-state index < -0.39 is 0 Å². The second-order valence-corrected chi connectivity index (χ2v) is 8.47. The summed E-state index contributed by atoms with van der Waals surface area (Å²) in [6, 6.07) is 3.76. The van der Waals surface area contributed by atoms with Crippen LogP contribution in [0.4, 0.5) is 5.13 Å². The molecule has 0 unspecified atom stereocenters. The van der Waals surface area contributed by atoms with E-state index in [9.17, 15) is 4.79 Å². The number of carbonyl (C=O) groups excluding carboxylic acids is 1. The highest BCUT2D eigenvalue weighted by atomic mass is 32.1. The van der Waals surface area contributed by atoms with Crippen LogP contribution in [-0.4, -0.2) is 56.2 Å². The van der Waals surface area contributed by atoms with E-state index >= 15 is 0 Å². The van der Waals surface area contributed by atoms with E-state index in [1.165, 1.54) is 17.8 Å². The van der Waals surface area contributed by atoms with Crippen molar-refractivity contribution in [1.82, 2.24) is 9.88 Å². The van der Waals surface area contributed by atoms with Gasteiger partial charge in [-0.25, -0.2) is 4.98 Å². The quantitative estimate of drug-likeness (QED) is 0.596. The van der Waals surface area contributed by atoms with Crippen LogP contribution in [0.5, 0.6) is 11.5 Å². The second kappa shape index (κ2) is 10.3. The lowest BCUT2D eigenvalue weighted by molar-refractivity contribution is -0.123. The molecule has 1 aliphatic rings. The van der Waals surface area contributed by atoms with Gasteiger partial charge in [-0.1, -0.05) is 44.4 Å². The number of hydrogen-bond donors (Lipinski definition) is 0. The lowest BCUT2D eigenvalue weighted by Gasteiger charge is -2.29. The van der Waals surface area contributed by atoms with E-state index in [-0.39, 0.29) is 11.8 Å². The number of benzene rings is 1. The molecule has 6 nitrogen and oxygen atoms in total. The molecule has 0 spiro atoms. The summed E-state index contributed by atoms with van der Waals surface area (Å²) in [4.78, 5) is 22.6. The maximum absolute atomic E-state index is 13.5. The van der Waals surface area contributed by atoms with Crippen LogP contribution in [0.15, 0.2) is 12.1 Å². The van der Waals surface area contributed by atoms with Gasteiger partial charge in [0.1, 0.15) is 21.7 Å². The van der Waals surface area contributed by atoms with Crippen LogP contribution in [0.25, 0.3) is 10.2 Å². The molecule has 1 aromatic carbocycles. The molecule has 1 aromatic heterocycles. The van der Waals surface area contributed by atoms with Crippen molar-refractivity contribution in [2.24, 2.45) is 5.92 Å². The Morgan fingerprint density at radius 3 is 2.34 bits per heavy atom. The Morgan fingerprint density at radius 2 is 1.72 bits per heavy atom.